The van der Waals surface area contributed by atoms with Gasteiger partial charge in [-0.3, -0.25) is 4.79 Å². The number of benzene rings is 1. The number of hydrogen-bond acceptors (Lipinski definition) is 2. The van der Waals surface area contributed by atoms with Crippen LogP contribution >= 0.6 is 0 Å². The van der Waals surface area contributed by atoms with Crippen molar-refractivity contribution >= 4 is 5.91 Å². The number of nitrogens with two attached hydrogens (primary N) is 1. The van der Waals surface area contributed by atoms with E-state index in [-0.39, 0.29) is 5.91 Å². The summed E-state index contributed by atoms with van der Waals surface area (Å²) in [5.74, 6) is 0.690. The number of aryl methyl sites for hydroxylation is 1. The van der Waals surface area contributed by atoms with Crippen molar-refractivity contribution in [2.75, 3.05) is 13.6 Å². The molecular formula is C14H20N2O. The highest BCUT2D eigenvalue weighted by molar-refractivity contribution is 5.94. The van der Waals surface area contributed by atoms with Gasteiger partial charge in [0.25, 0.3) is 5.91 Å². The Morgan fingerprint density at radius 3 is 2.47 bits per heavy atom. The van der Waals surface area contributed by atoms with Crippen molar-refractivity contribution in [1.29, 1.82) is 0 Å². The Balaban J connectivity index is 1.92. The molecule has 0 saturated heterocycles. The molecule has 1 aliphatic rings. The Labute approximate surface area is 103 Å². The lowest BCUT2D eigenvalue weighted by Crippen LogP contribution is -2.43. The molecule has 1 aromatic carbocycles. The summed E-state index contributed by atoms with van der Waals surface area (Å²) in [5.41, 5.74) is 7.69. The highest BCUT2D eigenvalue weighted by Gasteiger charge is 2.28. The summed E-state index contributed by atoms with van der Waals surface area (Å²) in [6, 6.07) is 8.07. The Bertz CT molecular complexity index is 393. The standard InChI is InChI=1S/C14H20N2O/c1-10-3-5-12(6-4-10)14(17)16(2)9-11-7-13(15)8-11/h3-6,11,13H,7-9,15H2,1-2H3. The maximum absolute atomic E-state index is 12.1. The topological polar surface area (TPSA) is 46.3 Å². The normalized spacial score (nSPS) is 23.0. The zero-order chi connectivity index (χ0) is 12.4. The van der Waals surface area contributed by atoms with Crippen LogP contribution in [0.15, 0.2) is 24.3 Å². The number of rotatable bonds is 3. The SMILES string of the molecule is Cc1ccc(C(=O)N(C)CC2CC(N)C2)cc1. The maximum atomic E-state index is 12.1. The number of hydrogen-bond donors (Lipinski definition) is 1. The third kappa shape index (κ3) is 2.86. The van der Waals surface area contributed by atoms with Crippen LogP contribution in [0, 0.1) is 12.8 Å². The minimum Gasteiger partial charge on any atom is -0.341 e. The molecule has 0 heterocycles. The van der Waals surface area contributed by atoms with Crippen LogP contribution < -0.4 is 5.73 Å². The van der Waals surface area contributed by atoms with Gasteiger partial charge in [0.2, 0.25) is 0 Å². The molecule has 0 bridgehead atoms. The molecule has 1 fully saturated rings. The van der Waals surface area contributed by atoms with E-state index < -0.39 is 0 Å². The van der Waals surface area contributed by atoms with Gasteiger partial charge in [-0.25, -0.2) is 0 Å². The fourth-order valence-electron chi connectivity index (χ4n) is 2.32. The minimum absolute atomic E-state index is 0.102. The second-order valence-electron chi connectivity index (χ2n) is 5.15. The van der Waals surface area contributed by atoms with Crippen LogP contribution in [-0.2, 0) is 0 Å². The Morgan fingerprint density at radius 2 is 1.94 bits per heavy atom. The lowest BCUT2D eigenvalue weighted by atomic mass is 9.80. The van der Waals surface area contributed by atoms with Crippen LogP contribution in [0.1, 0.15) is 28.8 Å². The molecule has 0 radical (unpaired) electrons. The predicted octanol–water partition coefficient (Wildman–Crippen LogP) is 1.80. The molecule has 1 aliphatic carbocycles. The lowest BCUT2D eigenvalue weighted by molar-refractivity contribution is 0.0734. The van der Waals surface area contributed by atoms with Gasteiger partial charge in [-0.1, -0.05) is 17.7 Å². The summed E-state index contributed by atoms with van der Waals surface area (Å²) in [7, 11) is 1.87. The third-order valence-corrected chi connectivity index (χ3v) is 3.45. The minimum atomic E-state index is 0.102. The van der Waals surface area contributed by atoms with Crippen LogP contribution in [0.3, 0.4) is 0 Å². The average molecular weight is 232 g/mol. The van der Waals surface area contributed by atoms with Crippen LogP contribution in [0.4, 0.5) is 0 Å². The van der Waals surface area contributed by atoms with Gasteiger partial charge in [0.05, 0.1) is 0 Å². The highest BCUT2D eigenvalue weighted by atomic mass is 16.2. The summed E-state index contributed by atoms with van der Waals surface area (Å²) in [5, 5.41) is 0. The van der Waals surface area contributed by atoms with Crippen molar-refractivity contribution < 1.29 is 4.79 Å². The molecule has 2 N–H and O–H groups in total. The first kappa shape index (κ1) is 12.1. The number of carbonyl (C=O) groups is 1. The van der Waals surface area contributed by atoms with Crippen LogP contribution in [0.5, 0.6) is 0 Å². The first-order valence-electron chi connectivity index (χ1n) is 6.14. The maximum Gasteiger partial charge on any atom is 0.253 e. The van der Waals surface area contributed by atoms with Crippen LogP contribution in [0.25, 0.3) is 0 Å². The molecule has 3 heteroatoms. The van der Waals surface area contributed by atoms with Gasteiger partial charge in [0.1, 0.15) is 0 Å². The van der Waals surface area contributed by atoms with Crippen LogP contribution in [-0.4, -0.2) is 30.4 Å². The second kappa shape index (κ2) is 4.88. The molecule has 1 amide bonds. The van der Waals surface area contributed by atoms with Crippen molar-refractivity contribution in [3.63, 3.8) is 0 Å². The fraction of sp³-hybridized carbons (Fsp3) is 0.500. The van der Waals surface area contributed by atoms with Crippen molar-refractivity contribution in [2.24, 2.45) is 11.7 Å². The van der Waals surface area contributed by atoms with Crippen molar-refractivity contribution in [2.45, 2.75) is 25.8 Å². The van der Waals surface area contributed by atoms with Gasteiger partial charge >= 0.3 is 0 Å². The van der Waals surface area contributed by atoms with Gasteiger partial charge < -0.3 is 10.6 Å². The molecule has 0 unspecified atom stereocenters. The molecule has 0 aromatic heterocycles. The molecule has 1 saturated carbocycles. The monoisotopic (exact) mass is 232 g/mol. The first-order chi connectivity index (χ1) is 8.06. The van der Waals surface area contributed by atoms with Crippen molar-refractivity contribution in [1.82, 2.24) is 4.90 Å². The Kier molecular flexibility index (Phi) is 3.48. The second-order valence-corrected chi connectivity index (χ2v) is 5.15. The zero-order valence-electron chi connectivity index (χ0n) is 10.5. The van der Waals surface area contributed by atoms with Gasteiger partial charge in [0, 0.05) is 25.2 Å². The molecule has 3 nitrogen and oxygen atoms in total. The molecule has 92 valence electrons. The lowest BCUT2D eigenvalue weighted by Gasteiger charge is -2.35. The van der Waals surface area contributed by atoms with E-state index in [0.29, 0.717) is 12.0 Å². The third-order valence-electron chi connectivity index (χ3n) is 3.45. The van der Waals surface area contributed by atoms with E-state index in [2.05, 4.69) is 0 Å². The largest absolute Gasteiger partial charge is 0.341 e. The molecule has 17 heavy (non-hydrogen) atoms. The summed E-state index contributed by atoms with van der Waals surface area (Å²) >= 11 is 0. The average Bonchev–Trinajstić information content (AvgIpc) is 2.27. The molecule has 0 spiro atoms. The van der Waals surface area contributed by atoms with Crippen molar-refractivity contribution in [3.05, 3.63) is 35.4 Å². The van der Waals surface area contributed by atoms with Gasteiger partial charge in [0.15, 0.2) is 0 Å². The van der Waals surface area contributed by atoms with E-state index in [1.807, 2.05) is 38.2 Å². The van der Waals surface area contributed by atoms with E-state index in [0.717, 1.165) is 24.9 Å². The number of amides is 1. The van der Waals surface area contributed by atoms with E-state index in [1.54, 1.807) is 4.90 Å². The summed E-state index contributed by atoms with van der Waals surface area (Å²) < 4.78 is 0. The Morgan fingerprint density at radius 1 is 1.35 bits per heavy atom. The summed E-state index contributed by atoms with van der Waals surface area (Å²) in [6.07, 6.45) is 2.09. The van der Waals surface area contributed by atoms with E-state index >= 15 is 0 Å². The number of nitrogens with zero attached hydrogens (tertiary/aromatic N) is 1. The van der Waals surface area contributed by atoms with E-state index in [4.69, 9.17) is 5.73 Å². The van der Waals surface area contributed by atoms with Crippen molar-refractivity contribution in [3.8, 4) is 0 Å². The summed E-state index contributed by atoms with van der Waals surface area (Å²) in [6.45, 7) is 2.84. The van der Waals surface area contributed by atoms with Gasteiger partial charge in [-0.15, -0.1) is 0 Å². The smallest absolute Gasteiger partial charge is 0.253 e. The quantitative estimate of drug-likeness (QED) is 0.864. The highest BCUT2D eigenvalue weighted by Crippen LogP contribution is 2.26. The van der Waals surface area contributed by atoms with Crippen LogP contribution in [0.2, 0.25) is 0 Å². The zero-order valence-corrected chi connectivity index (χ0v) is 10.5. The van der Waals surface area contributed by atoms with E-state index in [9.17, 15) is 4.79 Å². The molecule has 0 aliphatic heterocycles. The van der Waals surface area contributed by atoms with Gasteiger partial charge in [-0.05, 0) is 37.8 Å². The Hall–Kier alpha value is -1.35. The number of carbonyl (C=O) groups excluding carboxylic acids is 1. The fourth-order valence-corrected chi connectivity index (χ4v) is 2.32. The molecule has 1 aromatic rings. The molecule has 2 rings (SSSR count). The van der Waals surface area contributed by atoms with Gasteiger partial charge in [-0.2, -0.15) is 0 Å². The molecular weight excluding hydrogens is 212 g/mol. The summed E-state index contributed by atoms with van der Waals surface area (Å²) in [4.78, 5) is 13.9. The molecule has 0 atom stereocenters. The van der Waals surface area contributed by atoms with E-state index in [1.165, 1.54) is 5.56 Å². The first-order valence-corrected chi connectivity index (χ1v) is 6.14. The predicted molar refractivity (Wildman–Crippen MR) is 68.8 cm³/mol.